The molecule has 112 valence electrons. The third-order valence-corrected chi connectivity index (χ3v) is 4.40. The molecule has 2 N–H and O–H groups in total. The van der Waals surface area contributed by atoms with Crippen LogP contribution in [0.1, 0.15) is 11.6 Å². The molecule has 1 heterocycles. The first-order valence-electron chi connectivity index (χ1n) is 6.68. The molecule has 1 aromatic rings. The number of ether oxygens (including phenoxy) is 2. The summed E-state index contributed by atoms with van der Waals surface area (Å²) in [7, 11) is 3.25. The molecular formula is C14H21BrN2O3. The molecule has 2 rings (SSSR count). The van der Waals surface area contributed by atoms with E-state index in [1.807, 2.05) is 12.1 Å². The Morgan fingerprint density at radius 2 is 1.80 bits per heavy atom. The van der Waals surface area contributed by atoms with Gasteiger partial charge >= 0.3 is 0 Å². The fourth-order valence-corrected chi connectivity index (χ4v) is 3.06. The van der Waals surface area contributed by atoms with E-state index in [2.05, 4.69) is 26.1 Å². The van der Waals surface area contributed by atoms with Crippen LogP contribution in [0.15, 0.2) is 16.6 Å². The molecule has 1 aliphatic rings. The average molecular weight is 345 g/mol. The van der Waals surface area contributed by atoms with Gasteiger partial charge in [0, 0.05) is 26.2 Å². The van der Waals surface area contributed by atoms with Gasteiger partial charge in [0.1, 0.15) is 16.0 Å². The van der Waals surface area contributed by atoms with E-state index in [1.165, 1.54) is 0 Å². The summed E-state index contributed by atoms with van der Waals surface area (Å²) in [5.41, 5.74) is 1.01. The quantitative estimate of drug-likeness (QED) is 0.845. The Morgan fingerprint density at radius 1 is 1.25 bits per heavy atom. The number of hydrogen-bond donors (Lipinski definition) is 2. The second-order valence-corrected chi connectivity index (χ2v) is 5.52. The Bertz CT molecular complexity index is 425. The summed E-state index contributed by atoms with van der Waals surface area (Å²) in [4.78, 5) is 2.28. The summed E-state index contributed by atoms with van der Waals surface area (Å²) in [6, 6.07) is 3.87. The molecule has 6 heteroatoms. The van der Waals surface area contributed by atoms with Crippen LogP contribution in [0.2, 0.25) is 0 Å². The van der Waals surface area contributed by atoms with Crippen molar-refractivity contribution in [3.05, 3.63) is 22.2 Å². The maximum Gasteiger partial charge on any atom is 0.137 e. The first kappa shape index (κ1) is 15.6. The van der Waals surface area contributed by atoms with Crippen molar-refractivity contribution in [2.24, 2.45) is 0 Å². The van der Waals surface area contributed by atoms with Gasteiger partial charge in [0.05, 0.1) is 26.9 Å². The van der Waals surface area contributed by atoms with Crippen LogP contribution in [0.3, 0.4) is 0 Å². The Balaban J connectivity index is 2.33. The monoisotopic (exact) mass is 344 g/mol. The van der Waals surface area contributed by atoms with E-state index in [0.29, 0.717) is 11.5 Å². The molecule has 0 radical (unpaired) electrons. The van der Waals surface area contributed by atoms with Crippen molar-refractivity contribution in [1.82, 2.24) is 10.2 Å². The smallest absolute Gasteiger partial charge is 0.137 e. The Labute approximate surface area is 128 Å². The van der Waals surface area contributed by atoms with Gasteiger partial charge in [-0.05, 0) is 33.6 Å². The lowest BCUT2D eigenvalue weighted by Gasteiger charge is -2.34. The van der Waals surface area contributed by atoms with Crippen LogP contribution in [-0.4, -0.2) is 57.0 Å². The number of methoxy groups -OCH3 is 2. The van der Waals surface area contributed by atoms with Crippen molar-refractivity contribution in [3.63, 3.8) is 0 Å². The average Bonchev–Trinajstić information content (AvgIpc) is 2.50. The number of rotatable bonds is 5. The predicted molar refractivity (Wildman–Crippen MR) is 81.5 cm³/mol. The molecule has 0 aliphatic carbocycles. The van der Waals surface area contributed by atoms with E-state index in [1.54, 1.807) is 14.2 Å². The first-order chi connectivity index (χ1) is 9.71. The van der Waals surface area contributed by atoms with Gasteiger partial charge in [-0.25, -0.2) is 0 Å². The molecule has 1 aromatic carbocycles. The summed E-state index contributed by atoms with van der Waals surface area (Å²) < 4.78 is 11.5. The van der Waals surface area contributed by atoms with Gasteiger partial charge in [-0.15, -0.1) is 0 Å². The fourth-order valence-electron chi connectivity index (χ4n) is 2.51. The normalized spacial score (nSPS) is 17.8. The second-order valence-electron chi connectivity index (χ2n) is 4.72. The second kappa shape index (κ2) is 7.26. The highest BCUT2D eigenvalue weighted by molar-refractivity contribution is 9.10. The maximum absolute atomic E-state index is 9.77. The predicted octanol–water partition coefficient (Wildman–Crippen LogP) is 1.40. The molecule has 20 heavy (non-hydrogen) atoms. The van der Waals surface area contributed by atoms with E-state index in [0.717, 1.165) is 36.2 Å². The van der Waals surface area contributed by atoms with Crippen LogP contribution in [0.25, 0.3) is 0 Å². The lowest BCUT2D eigenvalue weighted by molar-refractivity contribution is 0.110. The molecule has 0 unspecified atom stereocenters. The molecule has 0 amide bonds. The molecule has 5 nitrogen and oxygen atoms in total. The highest BCUT2D eigenvalue weighted by Crippen LogP contribution is 2.38. The van der Waals surface area contributed by atoms with Crippen LogP contribution in [0.5, 0.6) is 11.5 Å². The summed E-state index contributed by atoms with van der Waals surface area (Å²) in [6.45, 7) is 3.81. The number of aliphatic hydroxyl groups excluding tert-OH is 1. The van der Waals surface area contributed by atoms with Gasteiger partial charge in [0.25, 0.3) is 0 Å². The van der Waals surface area contributed by atoms with Crippen molar-refractivity contribution in [1.29, 1.82) is 0 Å². The van der Waals surface area contributed by atoms with Crippen molar-refractivity contribution in [2.75, 3.05) is 47.0 Å². The van der Waals surface area contributed by atoms with Crippen LogP contribution in [0.4, 0.5) is 0 Å². The van der Waals surface area contributed by atoms with Crippen LogP contribution in [-0.2, 0) is 0 Å². The standard InChI is InChI=1S/C14H21BrN2O3/c1-19-12-7-10(8-13(20-2)14(12)15)11(9-18)17-5-3-16-4-6-17/h7-8,11,16,18H,3-6,9H2,1-2H3/t11-/m0/s1. The van der Waals surface area contributed by atoms with Gasteiger partial charge in [-0.3, -0.25) is 4.90 Å². The SMILES string of the molecule is COc1cc([C@H](CO)N2CCNCC2)cc(OC)c1Br. The highest BCUT2D eigenvalue weighted by atomic mass is 79.9. The van der Waals surface area contributed by atoms with Crippen LogP contribution >= 0.6 is 15.9 Å². The molecule has 0 aromatic heterocycles. The van der Waals surface area contributed by atoms with Crippen LogP contribution in [0, 0.1) is 0 Å². The maximum atomic E-state index is 9.77. The summed E-state index contributed by atoms with van der Waals surface area (Å²) >= 11 is 3.47. The minimum Gasteiger partial charge on any atom is -0.495 e. The van der Waals surface area contributed by atoms with Gasteiger partial charge in [0.2, 0.25) is 0 Å². The van der Waals surface area contributed by atoms with Crippen molar-refractivity contribution >= 4 is 15.9 Å². The lowest BCUT2D eigenvalue weighted by Crippen LogP contribution is -2.46. The number of halogens is 1. The molecule has 1 saturated heterocycles. The largest absolute Gasteiger partial charge is 0.495 e. The van der Waals surface area contributed by atoms with Crippen LogP contribution < -0.4 is 14.8 Å². The zero-order valence-corrected chi connectivity index (χ0v) is 13.4. The van der Waals surface area contributed by atoms with Gasteiger partial charge < -0.3 is 19.9 Å². The number of nitrogens with one attached hydrogen (secondary N) is 1. The number of hydrogen-bond acceptors (Lipinski definition) is 5. The summed E-state index contributed by atoms with van der Waals surface area (Å²) in [5.74, 6) is 1.43. The minimum atomic E-state index is -0.0343. The molecule has 1 atom stereocenters. The summed E-state index contributed by atoms with van der Waals surface area (Å²) in [6.07, 6.45) is 0. The van der Waals surface area contributed by atoms with E-state index >= 15 is 0 Å². The Hall–Kier alpha value is -0.820. The van der Waals surface area contributed by atoms with Gasteiger partial charge in [-0.2, -0.15) is 0 Å². The summed E-state index contributed by atoms with van der Waals surface area (Å²) in [5, 5.41) is 13.1. The van der Waals surface area contributed by atoms with E-state index < -0.39 is 0 Å². The Kier molecular flexibility index (Phi) is 5.65. The lowest BCUT2D eigenvalue weighted by atomic mass is 10.0. The zero-order valence-electron chi connectivity index (χ0n) is 11.9. The molecule has 0 spiro atoms. The van der Waals surface area contributed by atoms with Gasteiger partial charge in [-0.1, -0.05) is 0 Å². The third kappa shape index (κ3) is 3.25. The topological polar surface area (TPSA) is 54.0 Å². The van der Waals surface area contributed by atoms with E-state index in [-0.39, 0.29) is 12.6 Å². The third-order valence-electron chi connectivity index (χ3n) is 3.62. The number of aliphatic hydroxyl groups is 1. The van der Waals surface area contributed by atoms with Crippen molar-refractivity contribution < 1.29 is 14.6 Å². The zero-order chi connectivity index (χ0) is 14.5. The molecule has 1 aliphatic heterocycles. The molecule has 0 bridgehead atoms. The molecular weight excluding hydrogens is 324 g/mol. The van der Waals surface area contributed by atoms with E-state index in [4.69, 9.17) is 9.47 Å². The van der Waals surface area contributed by atoms with E-state index in [9.17, 15) is 5.11 Å². The van der Waals surface area contributed by atoms with Crippen molar-refractivity contribution in [3.8, 4) is 11.5 Å². The fraction of sp³-hybridized carbons (Fsp3) is 0.571. The molecule has 0 saturated carbocycles. The number of benzene rings is 1. The minimum absolute atomic E-state index is 0.0343. The number of piperazine rings is 1. The number of nitrogens with zero attached hydrogens (tertiary/aromatic N) is 1. The first-order valence-corrected chi connectivity index (χ1v) is 7.47. The Morgan fingerprint density at radius 3 is 2.25 bits per heavy atom. The van der Waals surface area contributed by atoms with Crippen molar-refractivity contribution in [2.45, 2.75) is 6.04 Å². The molecule has 1 fully saturated rings. The van der Waals surface area contributed by atoms with Gasteiger partial charge in [0.15, 0.2) is 0 Å². The highest BCUT2D eigenvalue weighted by Gasteiger charge is 2.23.